The molecule has 1 aromatic carbocycles. The van der Waals surface area contributed by atoms with E-state index in [1.165, 1.54) is 5.56 Å². The quantitative estimate of drug-likeness (QED) is 0.690. The maximum atomic E-state index is 4.90. The van der Waals surface area contributed by atoms with Gasteiger partial charge in [0.1, 0.15) is 0 Å². The molecule has 0 aliphatic rings. The van der Waals surface area contributed by atoms with Gasteiger partial charge in [-0.3, -0.25) is 0 Å². The molecule has 0 heterocycles. The van der Waals surface area contributed by atoms with Gasteiger partial charge in [0.25, 0.3) is 0 Å². The van der Waals surface area contributed by atoms with Gasteiger partial charge in [-0.1, -0.05) is 43.0 Å². The van der Waals surface area contributed by atoms with Gasteiger partial charge in [0.15, 0.2) is 0 Å². The predicted molar refractivity (Wildman–Crippen MR) is 54.6 cm³/mol. The van der Waals surface area contributed by atoms with Crippen LogP contribution in [0.5, 0.6) is 0 Å². The van der Waals surface area contributed by atoms with E-state index >= 15 is 0 Å². The predicted octanol–water partition coefficient (Wildman–Crippen LogP) is 1.23. The zero-order valence-electron chi connectivity index (χ0n) is 7.24. The number of rotatable bonds is 2. The molecule has 1 rings (SSSR count). The molecular formula is C10H16N2. The molecule has 0 fully saturated rings. The van der Waals surface area contributed by atoms with E-state index in [0.717, 1.165) is 0 Å². The van der Waals surface area contributed by atoms with Crippen molar-refractivity contribution in [3.8, 4) is 0 Å². The molecule has 0 amide bonds. The van der Waals surface area contributed by atoms with Gasteiger partial charge in [-0.05, 0) is 5.56 Å². The topological polar surface area (TPSA) is 52.0 Å². The van der Waals surface area contributed by atoms with Crippen molar-refractivity contribution in [2.75, 3.05) is 13.1 Å². The first-order valence-corrected chi connectivity index (χ1v) is 3.92. The molecule has 0 aromatic heterocycles. The van der Waals surface area contributed by atoms with Crippen molar-refractivity contribution in [3.63, 3.8) is 0 Å². The Morgan fingerprint density at radius 1 is 1.08 bits per heavy atom. The van der Waals surface area contributed by atoms with Gasteiger partial charge in [-0.25, -0.2) is 0 Å². The minimum absolute atomic E-state index is 0.597. The molecule has 0 radical (unpaired) electrons. The number of benzene rings is 1. The lowest BCUT2D eigenvalue weighted by Crippen LogP contribution is -2.11. The average Bonchev–Trinajstić information content (AvgIpc) is 2.19. The van der Waals surface area contributed by atoms with Crippen LogP contribution in [0.25, 0.3) is 6.08 Å². The van der Waals surface area contributed by atoms with Crippen molar-refractivity contribution in [1.82, 2.24) is 0 Å². The second-order valence-corrected chi connectivity index (χ2v) is 2.19. The van der Waals surface area contributed by atoms with E-state index in [1.807, 2.05) is 36.4 Å². The summed E-state index contributed by atoms with van der Waals surface area (Å²) in [6, 6.07) is 10.0. The normalized spacial score (nSPS) is 8.17. The fraction of sp³-hybridized carbons (Fsp3) is 0.200. The first-order valence-electron chi connectivity index (χ1n) is 3.92. The van der Waals surface area contributed by atoms with Gasteiger partial charge >= 0.3 is 0 Å². The summed E-state index contributed by atoms with van der Waals surface area (Å²) < 4.78 is 0. The fourth-order valence-corrected chi connectivity index (χ4v) is 0.589. The third kappa shape index (κ3) is 5.65. The molecule has 0 saturated carbocycles. The molecule has 4 N–H and O–H groups in total. The van der Waals surface area contributed by atoms with Crippen molar-refractivity contribution in [1.29, 1.82) is 0 Å². The highest BCUT2D eigenvalue weighted by atomic mass is 14.6. The summed E-state index contributed by atoms with van der Waals surface area (Å²) in [5, 5.41) is 0. The SMILES string of the molecule is C=Cc1ccccc1.NCCN. The molecule has 12 heavy (non-hydrogen) atoms. The van der Waals surface area contributed by atoms with Gasteiger partial charge in [0, 0.05) is 13.1 Å². The van der Waals surface area contributed by atoms with E-state index in [2.05, 4.69) is 6.58 Å². The van der Waals surface area contributed by atoms with E-state index in [0.29, 0.717) is 13.1 Å². The third-order valence-electron chi connectivity index (χ3n) is 1.20. The third-order valence-corrected chi connectivity index (χ3v) is 1.20. The van der Waals surface area contributed by atoms with Crippen LogP contribution in [-0.4, -0.2) is 13.1 Å². The Kier molecular flexibility index (Phi) is 7.24. The summed E-state index contributed by atoms with van der Waals surface area (Å²) >= 11 is 0. The van der Waals surface area contributed by atoms with Crippen LogP contribution in [0.4, 0.5) is 0 Å². The average molecular weight is 164 g/mol. The first-order chi connectivity index (χ1) is 5.85. The highest BCUT2D eigenvalue weighted by Crippen LogP contribution is 1.97. The summed E-state index contributed by atoms with van der Waals surface area (Å²) in [5.41, 5.74) is 11.0. The Balaban J connectivity index is 0.000000261. The lowest BCUT2D eigenvalue weighted by Gasteiger charge is -1.85. The van der Waals surface area contributed by atoms with E-state index in [-0.39, 0.29) is 0 Å². The molecule has 0 spiro atoms. The van der Waals surface area contributed by atoms with Gasteiger partial charge in [0.2, 0.25) is 0 Å². The molecule has 2 nitrogen and oxygen atoms in total. The first kappa shape index (κ1) is 10.9. The van der Waals surface area contributed by atoms with Crippen molar-refractivity contribution < 1.29 is 0 Å². The van der Waals surface area contributed by atoms with Crippen molar-refractivity contribution >= 4 is 6.08 Å². The van der Waals surface area contributed by atoms with Gasteiger partial charge in [-0.2, -0.15) is 0 Å². The van der Waals surface area contributed by atoms with Crippen LogP contribution in [0.1, 0.15) is 5.56 Å². The van der Waals surface area contributed by atoms with Crippen molar-refractivity contribution in [3.05, 3.63) is 42.5 Å². The van der Waals surface area contributed by atoms with Gasteiger partial charge in [-0.15, -0.1) is 0 Å². The number of nitrogens with two attached hydrogens (primary N) is 2. The van der Waals surface area contributed by atoms with Crippen molar-refractivity contribution in [2.24, 2.45) is 11.5 Å². The molecule has 0 aliphatic carbocycles. The van der Waals surface area contributed by atoms with Crippen LogP contribution in [-0.2, 0) is 0 Å². The Hall–Kier alpha value is -1.12. The van der Waals surface area contributed by atoms with Gasteiger partial charge < -0.3 is 11.5 Å². The highest BCUT2D eigenvalue weighted by Gasteiger charge is 1.75. The Bertz CT molecular complexity index is 192. The van der Waals surface area contributed by atoms with E-state index in [1.54, 1.807) is 0 Å². The summed E-state index contributed by atoms with van der Waals surface area (Å²) in [7, 11) is 0. The molecule has 0 bridgehead atoms. The summed E-state index contributed by atoms with van der Waals surface area (Å²) in [6.07, 6.45) is 1.83. The monoisotopic (exact) mass is 164 g/mol. The molecule has 0 aliphatic heterocycles. The maximum absolute atomic E-state index is 4.90. The molecule has 1 aromatic rings. The fourth-order valence-electron chi connectivity index (χ4n) is 0.589. The van der Waals surface area contributed by atoms with Gasteiger partial charge in [0.05, 0.1) is 0 Å². The summed E-state index contributed by atoms with van der Waals surface area (Å²) in [6.45, 7) is 4.83. The largest absolute Gasteiger partial charge is 0.329 e. The Labute approximate surface area is 73.9 Å². The lowest BCUT2D eigenvalue weighted by atomic mass is 10.2. The number of hydrogen-bond donors (Lipinski definition) is 2. The standard InChI is InChI=1S/C8H8.C2H8N2/c1-2-8-6-4-3-5-7-8;3-1-2-4/h2-7H,1H2;1-4H2. The second kappa shape index (κ2) is 7.98. The van der Waals surface area contributed by atoms with Crippen molar-refractivity contribution in [2.45, 2.75) is 0 Å². The molecule has 0 atom stereocenters. The highest BCUT2D eigenvalue weighted by molar-refractivity contribution is 5.45. The number of hydrogen-bond acceptors (Lipinski definition) is 2. The van der Waals surface area contributed by atoms with Crippen LogP contribution in [0.3, 0.4) is 0 Å². The Morgan fingerprint density at radius 2 is 1.58 bits per heavy atom. The summed E-state index contributed by atoms with van der Waals surface area (Å²) in [4.78, 5) is 0. The molecular weight excluding hydrogens is 148 g/mol. The van der Waals surface area contributed by atoms with E-state index in [4.69, 9.17) is 11.5 Å². The molecule has 2 heteroatoms. The zero-order chi connectivity index (χ0) is 9.23. The molecule has 0 unspecified atom stereocenters. The summed E-state index contributed by atoms with van der Waals surface area (Å²) in [5.74, 6) is 0. The maximum Gasteiger partial charge on any atom is 0.00461 e. The second-order valence-electron chi connectivity index (χ2n) is 2.19. The molecule has 66 valence electrons. The zero-order valence-corrected chi connectivity index (χ0v) is 7.24. The van der Waals surface area contributed by atoms with E-state index in [9.17, 15) is 0 Å². The van der Waals surface area contributed by atoms with Crippen LogP contribution in [0, 0.1) is 0 Å². The lowest BCUT2D eigenvalue weighted by molar-refractivity contribution is 0.976. The van der Waals surface area contributed by atoms with Crippen LogP contribution >= 0.6 is 0 Å². The Morgan fingerprint density at radius 3 is 1.83 bits per heavy atom. The van der Waals surface area contributed by atoms with Crippen LogP contribution < -0.4 is 11.5 Å². The smallest absolute Gasteiger partial charge is 0.00461 e. The van der Waals surface area contributed by atoms with Crippen LogP contribution in [0.2, 0.25) is 0 Å². The van der Waals surface area contributed by atoms with Crippen LogP contribution in [0.15, 0.2) is 36.9 Å². The molecule has 0 saturated heterocycles. The van der Waals surface area contributed by atoms with E-state index < -0.39 is 0 Å². The minimum atomic E-state index is 0.597. The minimum Gasteiger partial charge on any atom is -0.329 e.